The van der Waals surface area contributed by atoms with Crippen LogP contribution in [0.3, 0.4) is 0 Å². The first-order valence-electron chi connectivity index (χ1n) is 2.54. The maximum Gasteiger partial charge on any atom is 0.0912 e. The molecule has 1 heterocycles. The number of hydrogen-bond donors (Lipinski definition) is 1. The molecule has 0 unspecified atom stereocenters. The molecule has 1 rings (SSSR count). The molecular weight excluding hydrogens is 160 g/mol. The second-order valence-electron chi connectivity index (χ2n) is 1.61. The maximum absolute atomic E-state index is 5.16. The van der Waals surface area contributed by atoms with Crippen LogP contribution in [0.25, 0.3) is 0 Å². The summed E-state index contributed by atoms with van der Waals surface area (Å²) >= 11 is 5.54. The lowest BCUT2D eigenvalue weighted by Gasteiger charge is -1.78. The molecule has 0 radical (unpaired) electrons. The molecule has 0 aliphatic heterocycles. The van der Waals surface area contributed by atoms with Crippen LogP contribution in [0.1, 0.15) is 9.75 Å². The van der Waals surface area contributed by atoms with Crippen molar-refractivity contribution in [1.29, 1.82) is 0 Å². The molecule has 0 nitrogen and oxygen atoms in total. The summed E-state index contributed by atoms with van der Waals surface area (Å²) in [6, 6.07) is 1.79. The number of thiol groups is 1. The Labute approximate surface area is 69.7 Å². The van der Waals surface area contributed by atoms with E-state index in [2.05, 4.69) is 24.5 Å². The highest BCUT2D eigenvalue weighted by atomic mass is 32.1. The van der Waals surface area contributed by atoms with Crippen molar-refractivity contribution in [2.75, 3.05) is 0 Å². The van der Waals surface area contributed by atoms with Gasteiger partial charge in [-0.25, -0.2) is 0 Å². The van der Waals surface area contributed by atoms with Gasteiger partial charge in [-0.15, -0.1) is 36.8 Å². The Hall–Kier alpha value is -0.830. The third kappa shape index (κ3) is 1.19. The summed E-state index contributed by atoms with van der Waals surface area (Å²) in [7, 11) is 0. The monoisotopic (exact) mass is 164 g/mol. The van der Waals surface area contributed by atoms with Crippen LogP contribution in [0, 0.1) is 24.7 Å². The number of thiophene rings is 1. The van der Waals surface area contributed by atoms with Crippen molar-refractivity contribution in [2.45, 2.75) is 4.90 Å². The summed E-state index contributed by atoms with van der Waals surface area (Å²) < 4.78 is 0. The summed E-state index contributed by atoms with van der Waals surface area (Å²) in [5.41, 5.74) is 0. The third-order valence-corrected chi connectivity index (χ3v) is 2.49. The van der Waals surface area contributed by atoms with Crippen LogP contribution in [0.2, 0.25) is 0 Å². The molecule has 1 aromatic rings. The molecule has 0 amide bonds. The fourth-order valence-corrected chi connectivity index (χ4v) is 1.65. The Kier molecular flexibility index (Phi) is 2.06. The minimum Gasteiger partial charge on any atom is -0.141 e. The molecule has 0 aliphatic carbocycles. The Morgan fingerprint density at radius 1 is 1.40 bits per heavy atom. The number of rotatable bonds is 0. The summed E-state index contributed by atoms with van der Waals surface area (Å²) in [4.78, 5) is 2.43. The molecule has 0 saturated heterocycles. The van der Waals surface area contributed by atoms with Crippen molar-refractivity contribution in [2.24, 2.45) is 0 Å². The molecule has 0 aliphatic rings. The van der Waals surface area contributed by atoms with Gasteiger partial charge < -0.3 is 0 Å². The maximum atomic E-state index is 5.16. The summed E-state index contributed by atoms with van der Waals surface area (Å²) in [5.74, 6) is 4.99. The molecule has 0 saturated carbocycles. The van der Waals surface area contributed by atoms with Gasteiger partial charge in [0.2, 0.25) is 0 Å². The van der Waals surface area contributed by atoms with E-state index in [-0.39, 0.29) is 0 Å². The Morgan fingerprint density at radius 2 is 2.10 bits per heavy atom. The molecule has 0 atom stereocenters. The van der Waals surface area contributed by atoms with E-state index in [1.54, 1.807) is 6.07 Å². The van der Waals surface area contributed by atoms with E-state index in [9.17, 15) is 0 Å². The van der Waals surface area contributed by atoms with Crippen molar-refractivity contribution in [3.63, 3.8) is 0 Å². The van der Waals surface area contributed by atoms with Crippen molar-refractivity contribution >= 4 is 24.0 Å². The standard InChI is InChI=1S/C8H4S2/c1-3-6-5-7(9)8(4-2)10-6/h1-2,5,9H. The van der Waals surface area contributed by atoms with Crippen molar-refractivity contribution in [1.82, 2.24) is 0 Å². The zero-order chi connectivity index (χ0) is 7.56. The molecule has 0 spiro atoms. The molecule has 1 aromatic heterocycles. The van der Waals surface area contributed by atoms with E-state index < -0.39 is 0 Å². The minimum absolute atomic E-state index is 0.792. The van der Waals surface area contributed by atoms with E-state index in [1.807, 2.05) is 0 Å². The Balaban J connectivity index is 3.23. The molecule has 0 fully saturated rings. The average molecular weight is 164 g/mol. The number of hydrogen-bond acceptors (Lipinski definition) is 2. The first kappa shape index (κ1) is 7.28. The first-order valence-corrected chi connectivity index (χ1v) is 3.80. The van der Waals surface area contributed by atoms with Gasteiger partial charge in [-0.05, 0) is 6.07 Å². The first-order chi connectivity index (χ1) is 4.77. The van der Waals surface area contributed by atoms with Gasteiger partial charge in [0.15, 0.2) is 0 Å². The van der Waals surface area contributed by atoms with E-state index in [4.69, 9.17) is 12.8 Å². The summed E-state index contributed by atoms with van der Waals surface area (Å²) in [6.45, 7) is 0. The highest BCUT2D eigenvalue weighted by Crippen LogP contribution is 2.23. The van der Waals surface area contributed by atoms with Crippen molar-refractivity contribution in [3.05, 3.63) is 15.8 Å². The zero-order valence-electron chi connectivity index (χ0n) is 5.09. The van der Waals surface area contributed by atoms with E-state index in [1.165, 1.54) is 11.3 Å². The Morgan fingerprint density at radius 3 is 2.40 bits per heavy atom. The predicted molar refractivity (Wildman–Crippen MR) is 47.4 cm³/mol. The normalized spacial score (nSPS) is 8.30. The lowest BCUT2D eigenvalue weighted by molar-refractivity contribution is 1.56. The van der Waals surface area contributed by atoms with Crippen LogP contribution in [0.5, 0.6) is 0 Å². The largest absolute Gasteiger partial charge is 0.141 e. The highest BCUT2D eigenvalue weighted by molar-refractivity contribution is 7.80. The predicted octanol–water partition coefficient (Wildman–Crippen LogP) is 2.00. The molecule has 48 valence electrons. The lowest BCUT2D eigenvalue weighted by atomic mass is 10.4. The van der Waals surface area contributed by atoms with Crippen molar-refractivity contribution < 1.29 is 0 Å². The van der Waals surface area contributed by atoms with Gasteiger partial charge in [0.1, 0.15) is 0 Å². The fraction of sp³-hybridized carbons (Fsp3) is 0. The smallest absolute Gasteiger partial charge is 0.0912 e. The number of terminal acetylenes is 2. The van der Waals surface area contributed by atoms with Gasteiger partial charge >= 0.3 is 0 Å². The van der Waals surface area contributed by atoms with Gasteiger partial charge in [-0.1, -0.05) is 11.8 Å². The van der Waals surface area contributed by atoms with Crippen LogP contribution < -0.4 is 0 Å². The summed E-state index contributed by atoms with van der Waals surface area (Å²) in [6.07, 6.45) is 10.3. The molecule has 0 aromatic carbocycles. The SMILES string of the molecule is C#Cc1cc(S)c(C#C)s1. The molecule has 10 heavy (non-hydrogen) atoms. The van der Waals surface area contributed by atoms with E-state index in [0.29, 0.717) is 0 Å². The second kappa shape index (κ2) is 2.84. The third-order valence-electron chi connectivity index (χ3n) is 0.986. The van der Waals surface area contributed by atoms with E-state index in [0.717, 1.165) is 14.6 Å². The van der Waals surface area contributed by atoms with Gasteiger partial charge in [0, 0.05) is 4.90 Å². The van der Waals surface area contributed by atoms with Gasteiger partial charge in [-0.3, -0.25) is 0 Å². The highest BCUT2D eigenvalue weighted by Gasteiger charge is 1.99. The van der Waals surface area contributed by atoms with Crippen LogP contribution in [0.15, 0.2) is 11.0 Å². The van der Waals surface area contributed by atoms with Gasteiger partial charge in [-0.2, -0.15) is 0 Å². The van der Waals surface area contributed by atoms with Gasteiger partial charge in [0.25, 0.3) is 0 Å². The average Bonchev–Trinajstić information content (AvgIpc) is 2.30. The lowest BCUT2D eigenvalue weighted by Crippen LogP contribution is -1.59. The topological polar surface area (TPSA) is 0 Å². The molecule has 0 N–H and O–H groups in total. The molecule has 2 heteroatoms. The molecular formula is C8H4S2. The second-order valence-corrected chi connectivity index (χ2v) is 3.15. The Bertz CT molecular complexity index is 320. The van der Waals surface area contributed by atoms with Crippen LogP contribution in [0.4, 0.5) is 0 Å². The fourth-order valence-electron chi connectivity index (χ4n) is 0.556. The quantitative estimate of drug-likeness (QED) is 0.440. The van der Waals surface area contributed by atoms with Crippen LogP contribution in [-0.2, 0) is 0 Å². The zero-order valence-corrected chi connectivity index (χ0v) is 6.80. The van der Waals surface area contributed by atoms with E-state index >= 15 is 0 Å². The van der Waals surface area contributed by atoms with Gasteiger partial charge in [0.05, 0.1) is 9.75 Å². The minimum atomic E-state index is 0.792. The summed E-state index contributed by atoms with van der Waals surface area (Å²) in [5, 5.41) is 0. The van der Waals surface area contributed by atoms with Crippen LogP contribution in [-0.4, -0.2) is 0 Å². The van der Waals surface area contributed by atoms with Crippen LogP contribution >= 0.6 is 24.0 Å². The van der Waals surface area contributed by atoms with Crippen molar-refractivity contribution in [3.8, 4) is 24.7 Å². The molecule has 0 bridgehead atoms.